The number of nitrogens with one attached hydrogen (secondary N) is 1. The highest BCUT2D eigenvalue weighted by Gasteiger charge is 2.15. The van der Waals surface area contributed by atoms with Crippen LogP contribution in [0.1, 0.15) is 0 Å². The Kier molecular flexibility index (Phi) is 3.51. The van der Waals surface area contributed by atoms with Crippen molar-refractivity contribution in [2.24, 2.45) is 9.98 Å². The number of para-hydroxylation sites is 1. The van der Waals surface area contributed by atoms with Crippen LogP contribution in [0.15, 0.2) is 39.2 Å². The third-order valence-electron chi connectivity index (χ3n) is 2.65. The lowest BCUT2D eigenvalue weighted by molar-refractivity contribution is 0.408. The van der Waals surface area contributed by atoms with Crippen molar-refractivity contribution in [1.82, 2.24) is 10.2 Å². The van der Waals surface area contributed by atoms with Crippen molar-refractivity contribution >= 4 is 24.8 Å². The normalized spacial score (nSPS) is 9.95. The van der Waals surface area contributed by atoms with E-state index in [9.17, 15) is 4.79 Å². The topological polar surface area (TPSA) is 79.7 Å². The number of aromatic nitrogens is 2. The van der Waals surface area contributed by atoms with Crippen LogP contribution in [0.3, 0.4) is 0 Å². The second-order valence-corrected chi connectivity index (χ2v) is 3.64. The molecule has 0 bridgehead atoms. The fourth-order valence-electron chi connectivity index (χ4n) is 1.82. The third-order valence-corrected chi connectivity index (χ3v) is 2.65. The van der Waals surface area contributed by atoms with Gasteiger partial charge in [-0.15, -0.1) is 0 Å². The number of nitrogens with zero attached hydrogens (tertiary/aromatic N) is 3. The van der Waals surface area contributed by atoms with E-state index in [-0.39, 0.29) is 5.75 Å². The standard InChI is InChI=1S/C13H12N4O2/c1-14-10-6-4-5-8(11(10)15-2)9-7-16-17-13(18)12(9)19-3/h4-7H,1-2H2,3H3,(H,17,18). The van der Waals surface area contributed by atoms with Gasteiger partial charge in [0.2, 0.25) is 0 Å². The monoisotopic (exact) mass is 256 g/mol. The maximum absolute atomic E-state index is 11.7. The first-order valence-corrected chi connectivity index (χ1v) is 5.41. The van der Waals surface area contributed by atoms with Gasteiger partial charge in [-0.25, -0.2) is 5.10 Å². The van der Waals surface area contributed by atoms with Crippen molar-refractivity contribution < 1.29 is 4.74 Å². The van der Waals surface area contributed by atoms with Gasteiger partial charge in [-0.2, -0.15) is 5.10 Å². The largest absolute Gasteiger partial charge is 0.491 e. The van der Waals surface area contributed by atoms with Crippen molar-refractivity contribution in [3.8, 4) is 16.9 Å². The Morgan fingerprint density at radius 2 is 2.05 bits per heavy atom. The molecule has 1 N–H and O–H groups in total. The van der Waals surface area contributed by atoms with E-state index in [2.05, 4.69) is 33.6 Å². The van der Waals surface area contributed by atoms with Gasteiger partial charge in [-0.05, 0) is 19.5 Å². The number of hydrogen-bond acceptors (Lipinski definition) is 5. The summed E-state index contributed by atoms with van der Waals surface area (Å²) in [4.78, 5) is 19.5. The van der Waals surface area contributed by atoms with Crippen molar-refractivity contribution in [2.45, 2.75) is 0 Å². The molecular weight excluding hydrogens is 244 g/mol. The Bertz CT molecular complexity index is 691. The summed E-state index contributed by atoms with van der Waals surface area (Å²) in [6, 6.07) is 5.33. The molecule has 1 aromatic heterocycles. The van der Waals surface area contributed by atoms with E-state index in [1.54, 1.807) is 18.2 Å². The predicted octanol–water partition coefficient (Wildman–Crippen LogP) is 2.11. The van der Waals surface area contributed by atoms with Gasteiger partial charge in [-0.3, -0.25) is 14.8 Å². The molecule has 6 heteroatoms. The first-order valence-electron chi connectivity index (χ1n) is 5.41. The fraction of sp³-hybridized carbons (Fsp3) is 0.0769. The average Bonchev–Trinajstić information content (AvgIpc) is 2.45. The van der Waals surface area contributed by atoms with E-state index >= 15 is 0 Å². The van der Waals surface area contributed by atoms with Gasteiger partial charge in [0.1, 0.15) is 0 Å². The van der Waals surface area contributed by atoms with Crippen LogP contribution in [0.25, 0.3) is 11.1 Å². The molecule has 0 amide bonds. The molecule has 2 rings (SSSR count). The molecule has 0 fully saturated rings. The molecule has 0 atom stereocenters. The molecule has 19 heavy (non-hydrogen) atoms. The van der Waals surface area contributed by atoms with Crippen molar-refractivity contribution in [3.63, 3.8) is 0 Å². The number of benzene rings is 1. The molecule has 0 spiro atoms. The van der Waals surface area contributed by atoms with Crippen LogP contribution in [0.4, 0.5) is 11.4 Å². The lowest BCUT2D eigenvalue weighted by Crippen LogP contribution is -2.11. The van der Waals surface area contributed by atoms with Gasteiger partial charge in [0.15, 0.2) is 5.75 Å². The summed E-state index contributed by atoms with van der Waals surface area (Å²) in [5.74, 6) is 0.168. The molecule has 0 aliphatic rings. The zero-order valence-electron chi connectivity index (χ0n) is 10.4. The van der Waals surface area contributed by atoms with Gasteiger partial charge >= 0.3 is 5.56 Å². The number of rotatable bonds is 4. The first-order chi connectivity index (χ1) is 9.22. The highest BCUT2D eigenvalue weighted by atomic mass is 16.5. The second kappa shape index (κ2) is 5.26. The van der Waals surface area contributed by atoms with Crippen LogP contribution in [-0.2, 0) is 0 Å². The molecular formula is C13H12N4O2. The molecule has 96 valence electrons. The second-order valence-electron chi connectivity index (χ2n) is 3.64. The maximum atomic E-state index is 11.7. The van der Waals surface area contributed by atoms with E-state index < -0.39 is 5.56 Å². The maximum Gasteiger partial charge on any atom is 0.307 e. The molecule has 0 radical (unpaired) electrons. The van der Waals surface area contributed by atoms with E-state index in [1.807, 2.05) is 0 Å². The smallest absolute Gasteiger partial charge is 0.307 e. The van der Waals surface area contributed by atoms with Crippen LogP contribution in [0.5, 0.6) is 5.75 Å². The molecule has 1 aromatic carbocycles. The van der Waals surface area contributed by atoms with E-state index in [0.717, 1.165) is 0 Å². The summed E-state index contributed by atoms with van der Waals surface area (Å²) in [5, 5.41) is 6.09. The minimum atomic E-state index is -0.410. The van der Waals surface area contributed by atoms with Gasteiger partial charge < -0.3 is 4.74 Å². The SMILES string of the molecule is C=Nc1cccc(-c2cn[nH]c(=O)c2OC)c1N=C. The number of hydrogen-bond donors (Lipinski definition) is 1. The highest BCUT2D eigenvalue weighted by molar-refractivity contribution is 5.87. The molecule has 0 saturated heterocycles. The Morgan fingerprint density at radius 3 is 2.68 bits per heavy atom. The van der Waals surface area contributed by atoms with Gasteiger partial charge in [0.25, 0.3) is 0 Å². The fourth-order valence-corrected chi connectivity index (χ4v) is 1.82. The number of aromatic amines is 1. The zero-order valence-corrected chi connectivity index (χ0v) is 10.4. The van der Waals surface area contributed by atoms with Gasteiger partial charge in [0, 0.05) is 5.56 Å². The van der Waals surface area contributed by atoms with Crippen LogP contribution in [0.2, 0.25) is 0 Å². The highest BCUT2D eigenvalue weighted by Crippen LogP contribution is 2.39. The number of aliphatic imine (C=N–C) groups is 2. The predicted molar refractivity (Wildman–Crippen MR) is 75.3 cm³/mol. The Hall–Kier alpha value is -2.76. The third kappa shape index (κ3) is 2.15. The van der Waals surface area contributed by atoms with E-state index in [4.69, 9.17) is 4.74 Å². The molecule has 0 aliphatic carbocycles. The van der Waals surface area contributed by atoms with Crippen molar-refractivity contribution in [1.29, 1.82) is 0 Å². The quantitative estimate of drug-likeness (QED) is 0.851. The summed E-state index contributed by atoms with van der Waals surface area (Å²) in [5.41, 5.74) is 1.89. The Labute approximate surface area is 109 Å². The van der Waals surface area contributed by atoms with Gasteiger partial charge in [-0.1, -0.05) is 12.1 Å². The van der Waals surface area contributed by atoms with Crippen LogP contribution in [0, 0.1) is 0 Å². The van der Waals surface area contributed by atoms with Crippen molar-refractivity contribution in [2.75, 3.05) is 7.11 Å². The summed E-state index contributed by atoms with van der Waals surface area (Å²) in [7, 11) is 1.42. The van der Waals surface area contributed by atoms with Crippen molar-refractivity contribution in [3.05, 3.63) is 34.7 Å². The Balaban J connectivity index is 2.79. The molecule has 2 aromatic rings. The zero-order chi connectivity index (χ0) is 13.8. The number of ether oxygens (including phenoxy) is 1. The van der Waals surface area contributed by atoms with Crippen LogP contribution in [-0.4, -0.2) is 30.7 Å². The lowest BCUT2D eigenvalue weighted by atomic mass is 10.0. The summed E-state index contributed by atoms with van der Waals surface area (Å²) in [6.45, 7) is 7.00. The van der Waals surface area contributed by atoms with E-state index in [1.165, 1.54) is 13.3 Å². The molecule has 0 unspecified atom stereocenters. The number of H-pyrrole nitrogens is 1. The van der Waals surface area contributed by atoms with E-state index in [0.29, 0.717) is 22.5 Å². The summed E-state index contributed by atoms with van der Waals surface area (Å²) >= 11 is 0. The molecule has 0 saturated carbocycles. The van der Waals surface area contributed by atoms with Crippen LogP contribution < -0.4 is 10.3 Å². The minimum Gasteiger partial charge on any atom is -0.491 e. The summed E-state index contributed by atoms with van der Waals surface area (Å²) in [6.07, 6.45) is 1.50. The van der Waals surface area contributed by atoms with Crippen LogP contribution >= 0.6 is 0 Å². The molecule has 0 aliphatic heterocycles. The summed E-state index contributed by atoms with van der Waals surface area (Å²) < 4.78 is 5.11. The van der Waals surface area contributed by atoms with Gasteiger partial charge in [0.05, 0.1) is 30.2 Å². The first kappa shape index (κ1) is 12.7. The molecule has 6 nitrogen and oxygen atoms in total. The lowest BCUT2D eigenvalue weighted by Gasteiger charge is -2.10. The Morgan fingerprint density at radius 1 is 1.26 bits per heavy atom. The molecule has 1 heterocycles. The average molecular weight is 256 g/mol. The minimum absolute atomic E-state index is 0.168. The number of methoxy groups -OCH3 is 1.